The lowest BCUT2D eigenvalue weighted by Crippen LogP contribution is -2.55. The number of carbonyl (C=O) groups excluding carboxylic acids is 1. The van der Waals surface area contributed by atoms with Gasteiger partial charge in [0.25, 0.3) is 5.91 Å². The van der Waals surface area contributed by atoms with Crippen LogP contribution in [0, 0.1) is 0 Å². The van der Waals surface area contributed by atoms with E-state index in [9.17, 15) is 4.79 Å². The Labute approximate surface area is 112 Å². The maximum Gasteiger partial charge on any atom is 0.254 e. The van der Waals surface area contributed by atoms with E-state index in [0.29, 0.717) is 19.8 Å². The van der Waals surface area contributed by atoms with Gasteiger partial charge in [0.2, 0.25) is 0 Å². The molecule has 3 rings (SSSR count). The second-order valence-corrected chi connectivity index (χ2v) is 5.60. The summed E-state index contributed by atoms with van der Waals surface area (Å²) in [5.41, 5.74) is 1.54. The smallest absolute Gasteiger partial charge is 0.254 e. The maximum atomic E-state index is 12.6. The van der Waals surface area contributed by atoms with Crippen molar-refractivity contribution in [3.05, 3.63) is 36.0 Å². The SMILES string of the molecule is CC1(C)COCCN1C(=O)c1ccc2[nH]ccc2c1. The van der Waals surface area contributed by atoms with Crippen LogP contribution in [-0.4, -0.2) is 41.1 Å². The number of aromatic amines is 1. The second kappa shape index (κ2) is 4.38. The first kappa shape index (κ1) is 12.2. The zero-order valence-corrected chi connectivity index (χ0v) is 11.3. The molecule has 1 aromatic carbocycles. The lowest BCUT2D eigenvalue weighted by Gasteiger charge is -2.42. The average Bonchev–Trinajstić information content (AvgIpc) is 2.84. The number of hydrogen-bond acceptors (Lipinski definition) is 2. The molecule has 1 fully saturated rings. The highest BCUT2D eigenvalue weighted by atomic mass is 16.5. The van der Waals surface area contributed by atoms with Crippen molar-refractivity contribution in [1.29, 1.82) is 0 Å². The van der Waals surface area contributed by atoms with Gasteiger partial charge in [-0.1, -0.05) is 0 Å². The van der Waals surface area contributed by atoms with Gasteiger partial charge in [-0.3, -0.25) is 4.79 Å². The van der Waals surface area contributed by atoms with Crippen LogP contribution in [0.15, 0.2) is 30.5 Å². The van der Waals surface area contributed by atoms with Crippen molar-refractivity contribution in [2.75, 3.05) is 19.8 Å². The third-order valence-corrected chi connectivity index (χ3v) is 3.69. The molecule has 0 aliphatic carbocycles. The van der Waals surface area contributed by atoms with E-state index >= 15 is 0 Å². The van der Waals surface area contributed by atoms with Gasteiger partial charge >= 0.3 is 0 Å². The zero-order valence-electron chi connectivity index (χ0n) is 11.3. The zero-order chi connectivity index (χ0) is 13.5. The number of rotatable bonds is 1. The summed E-state index contributed by atoms with van der Waals surface area (Å²) < 4.78 is 5.46. The molecule has 0 atom stereocenters. The van der Waals surface area contributed by atoms with E-state index in [1.54, 1.807) is 0 Å². The molecule has 100 valence electrons. The van der Waals surface area contributed by atoms with E-state index in [2.05, 4.69) is 4.98 Å². The summed E-state index contributed by atoms with van der Waals surface area (Å²) in [6.07, 6.45) is 1.89. The highest BCUT2D eigenvalue weighted by Crippen LogP contribution is 2.23. The van der Waals surface area contributed by atoms with Crippen molar-refractivity contribution in [3.8, 4) is 0 Å². The van der Waals surface area contributed by atoms with Gasteiger partial charge in [0.15, 0.2) is 0 Å². The molecule has 0 radical (unpaired) electrons. The van der Waals surface area contributed by atoms with Gasteiger partial charge in [-0.05, 0) is 38.1 Å². The number of carbonyl (C=O) groups is 1. The minimum absolute atomic E-state index is 0.0800. The summed E-state index contributed by atoms with van der Waals surface area (Å²) in [6.45, 7) is 5.93. The number of aromatic nitrogens is 1. The molecule has 0 bridgehead atoms. The van der Waals surface area contributed by atoms with Crippen LogP contribution in [0.5, 0.6) is 0 Å². The van der Waals surface area contributed by atoms with E-state index in [0.717, 1.165) is 16.5 Å². The van der Waals surface area contributed by atoms with Crippen molar-refractivity contribution < 1.29 is 9.53 Å². The quantitative estimate of drug-likeness (QED) is 0.853. The van der Waals surface area contributed by atoms with Crippen LogP contribution in [0.4, 0.5) is 0 Å². The molecule has 2 heterocycles. The number of benzene rings is 1. The Bertz CT molecular complexity index is 615. The predicted octanol–water partition coefficient (Wildman–Crippen LogP) is 2.42. The average molecular weight is 258 g/mol. The lowest BCUT2D eigenvalue weighted by atomic mass is 10.0. The highest BCUT2D eigenvalue weighted by molar-refractivity contribution is 5.98. The van der Waals surface area contributed by atoms with Gasteiger partial charge in [0, 0.05) is 29.2 Å². The first-order valence-corrected chi connectivity index (χ1v) is 6.55. The highest BCUT2D eigenvalue weighted by Gasteiger charge is 2.34. The molecule has 1 aromatic heterocycles. The maximum absolute atomic E-state index is 12.6. The fourth-order valence-electron chi connectivity index (χ4n) is 2.58. The summed E-state index contributed by atoms with van der Waals surface area (Å²) in [5, 5.41) is 1.07. The van der Waals surface area contributed by atoms with Crippen molar-refractivity contribution in [2.45, 2.75) is 19.4 Å². The monoisotopic (exact) mass is 258 g/mol. The molecular formula is C15H18N2O2. The van der Waals surface area contributed by atoms with E-state index in [-0.39, 0.29) is 11.4 Å². The van der Waals surface area contributed by atoms with E-state index in [4.69, 9.17) is 4.74 Å². The van der Waals surface area contributed by atoms with Crippen LogP contribution >= 0.6 is 0 Å². The topological polar surface area (TPSA) is 45.3 Å². The number of hydrogen-bond donors (Lipinski definition) is 1. The van der Waals surface area contributed by atoms with E-state index in [1.807, 2.05) is 49.2 Å². The molecule has 4 nitrogen and oxygen atoms in total. The van der Waals surface area contributed by atoms with Crippen LogP contribution in [0.25, 0.3) is 10.9 Å². The Morgan fingerprint density at radius 2 is 2.21 bits per heavy atom. The molecule has 19 heavy (non-hydrogen) atoms. The Balaban J connectivity index is 1.94. The van der Waals surface area contributed by atoms with Gasteiger partial charge in [0.05, 0.1) is 18.8 Å². The molecule has 2 aromatic rings. The summed E-state index contributed by atoms with van der Waals surface area (Å²) in [4.78, 5) is 17.7. The van der Waals surface area contributed by atoms with Crippen molar-refractivity contribution in [1.82, 2.24) is 9.88 Å². The molecule has 0 saturated carbocycles. The van der Waals surface area contributed by atoms with Gasteiger partial charge in [-0.2, -0.15) is 0 Å². The Morgan fingerprint density at radius 1 is 1.37 bits per heavy atom. The second-order valence-electron chi connectivity index (χ2n) is 5.60. The number of H-pyrrole nitrogens is 1. The van der Waals surface area contributed by atoms with Gasteiger partial charge < -0.3 is 14.6 Å². The number of nitrogens with one attached hydrogen (secondary N) is 1. The molecule has 1 amide bonds. The van der Waals surface area contributed by atoms with Gasteiger partial charge in [0.1, 0.15) is 0 Å². The number of nitrogens with zero attached hydrogens (tertiary/aromatic N) is 1. The minimum Gasteiger partial charge on any atom is -0.377 e. The Kier molecular flexibility index (Phi) is 2.82. The first-order valence-electron chi connectivity index (χ1n) is 6.55. The molecule has 1 aliphatic heterocycles. The number of amides is 1. The third-order valence-electron chi connectivity index (χ3n) is 3.69. The van der Waals surface area contributed by atoms with Crippen LogP contribution in [-0.2, 0) is 4.74 Å². The van der Waals surface area contributed by atoms with Crippen LogP contribution < -0.4 is 0 Å². The van der Waals surface area contributed by atoms with E-state index < -0.39 is 0 Å². The molecular weight excluding hydrogens is 240 g/mol. The van der Waals surface area contributed by atoms with Crippen LogP contribution in [0.2, 0.25) is 0 Å². The molecule has 1 aliphatic rings. The van der Waals surface area contributed by atoms with Crippen molar-refractivity contribution in [2.24, 2.45) is 0 Å². The standard InChI is InChI=1S/C15H18N2O2/c1-15(2)10-19-8-7-17(15)14(18)12-3-4-13-11(9-12)5-6-16-13/h3-6,9,16H,7-8,10H2,1-2H3. The minimum atomic E-state index is -0.248. The first-order chi connectivity index (χ1) is 9.08. The van der Waals surface area contributed by atoms with Crippen molar-refractivity contribution in [3.63, 3.8) is 0 Å². The number of fused-ring (bicyclic) bond motifs is 1. The van der Waals surface area contributed by atoms with E-state index in [1.165, 1.54) is 0 Å². The molecule has 1 saturated heterocycles. The largest absolute Gasteiger partial charge is 0.377 e. The summed E-state index contributed by atoms with van der Waals surface area (Å²) in [5.74, 6) is 0.0800. The fraction of sp³-hybridized carbons (Fsp3) is 0.400. The Morgan fingerprint density at radius 3 is 3.00 bits per heavy atom. The summed E-state index contributed by atoms with van der Waals surface area (Å²) in [6, 6.07) is 7.76. The fourth-order valence-corrected chi connectivity index (χ4v) is 2.58. The Hall–Kier alpha value is -1.81. The number of ether oxygens (including phenoxy) is 1. The lowest BCUT2D eigenvalue weighted by molar-refractivity contribution is -0.0370. The summed E-state index contributed by atoms with van der Waals surface area (Å²) >= 11 is 0. The van der Waals surface area contributed by atoms with Gasteiger partial charge in [-0.15, -0.1) is 0 Å². The molecule has 0 spiro atoms. The molecule has 4 heteroatoms. The third kappa shape index (κ3) is 2.12. The normalized spacial score (nSPS) is 18.7. The van der Waals surface area contributed by atoms with Crippen molar-refractivity contribution >= 4 is 16.8 Å². The number of morpholine rings is 1. The van der Waals surface area contributed by atoms with Crippen LogP contribution in [0.3, 0.4) is 0 Å². The van der Waals surface area contributed by atoms with Crippen LogP contribution in [0.1, 0.15) is 24.2 Å². The molecule has 0 unspecified atom stereocenters. The predicted molar refractivity (Wildman–Crippen MR) is 74.2 cm³/mol. The summed E-state index contributed by atoms with van der Waals surface area (Å²) in [7, 11) is 0. The van der Waals surface area contributed by atoms with Gasteiger partial charge in [-0.25, -0.2) is 0 Å². The molecule has 1 N–H and O–H groups in total.